The number of hydrogen-bond donors (Lipinski definition) is 1. The van der Waals surface area contributed by atoms with Crippen LogP contribution in [0.2, 0.25) is 0 Å². The van der Waals surface area contributed by atoms with Crippen LogP contribution in [-0.4, -0.2) is 18.9 Å². The molecule has 1 aromatic carbocycles. The van der Waals surface area contributed by atoms with Crippen molar-refractivity contribution in [1.82, 2.24) is 0 Å². The summed E-state index contributed by atoms with van der Waals surface area (Å²) in [6.45, 7) is 3.23. The van der Waals surface area contributed by atoms with Crippen LogP contribution >= 0.6 is 0 Å². The van der Waals surface area contributed by atoms with E-state index in [2.05, 4.69) is 6.92 Å². The summed E-state index contributed by atoms with van der Waals surface area (Å²) in [7, 11) is 0. The predicted octanol–water partition coefficient (Wildman–Crippen LogP) is 2.18. The molecule has 3 heteroatoms. The van der Waals surface area contributed by atoms with Crippen molar-refractivity contribution in [3.63, 3.8) is 0 Å². The van der Waals surface area contributed by atoms with Crippen LogP contribution in [0, 0.1) is 5.92 Å². The van der Waals surface area contributed by atoms with Crippen molar-refractivity contribution < 1.29 is 9.53 Å². The third-order valence-corrected chi connectivity index (χ3v) is 3.27. The van der Waals surface area contributed by atoms with E-state index < -0.39 is 0 Å². The minimum Gasteiger partial charge on any atom is -0.493 e. The van der Waals surface area contributed by atoms with Crippen LogP contribution in [0.25, 0.3) is 0 Å². The molecule has 1 heterocycles. The number of carbonyl (C=O) groups excluding carboxylic acids is 1. The molecule has 0 aliphatic carbocycles. The second-order valence-electron chi connectivity index (χ2n) is 4.51. The molecule has 0 bridgehead atoms. The maximum Gasteiger partial charge on any atom is 0.167 e. The Morgan fingerprint density at radius 2 is 2.35 bits per heavy atom. The van der Waals surface area contributed by atoms with E-state index in [-0.39, 0.29) is 11.7 Å². The van der Waals surface area contributed by atoms with Crippen LogP contribution in [0.4, 0.5) is 0 Å². The van der Waals surface area contributed by atoms with Gasteiger partial charge in [0.1, 0.15) is 5.75 Å². The highest BCUT2D eigenvalue weighted by molar-refractivity contribution is 5.98. The van der Waals surface area contributed by atoms with Crippen molar-refractivity contribution in [2.45, 2.75) is 26.2 Å². The third-order valence-electron chi connectivity index (χ3n) is 3.27. The van der Waals surface area contributed by atoms with Crippen LogP contribution in [0.5, 0.6) is 5.75 Å². The molecule has 1 unspecified atom stereocenters. The Kier molecular flexibility index (Phi) is 3.79. The quantitative estimate of drug-likeness (QED) is 0.793. The first-order valence-corrected chi connectivity index (χ1v) is 6.26. The first-order chi connectivity index (χ1) is 8.26. The monoisotopic (exact) mass is 233 g/mol. The second-order valence-corrected chi connectivity index (χ2v) is 4.51. The molecule has 1 aliphatic heterocycles. The van der Waals surface area contributed by atoms with Crippen LogP contribution in [0.1, 0.15) is 35.7 Å². The van der Waals surface area contributed by atoms with Crippen LogP contribution in [0.3, 0.4) is 0 Å². The minimum absolute atomic E-state index is 0.0413. The molecule has 0 saturated carbocycles. The Hall–Kier alpha value is -1.35. The Bertz CT molecular complexity index is 415. The van der Waals surface area contributed by atoms with Crippen molar-refractivity contribution in [3.8, 4) is 5.75 Å². The maximum absolute atomic E-state index is 12.2. The van der Waals surface area contributed by atoms with Gasteiger partial charge in [0.05, 0.1) is 6.61 Å². The zero-order valence-corrected chi connectivity index (χ0v) is 10.2. The van der Waals surface area contributed by atoms with Gasteiger partial charge in [-0.15, -0.1) is 0 Å². The van der Waals surface area contributed by atoms with E-state index in [4.69, 9.17) is 10.5 Å². The first-order valence-electron chi connectivity index (χ1n) is 6.26. The molecule has 0 fully saturated rings. The Morgan fingerprint density at radius 3 is 3.06 bits per heavy atom. The highest BCUT2D eigenvalue weighted by Gasteiger charge is 2.20. The number of fused-ring (bicyclic) bond motifs is 1. The summed E-state index contributed by atoms with van der Waals surface area (Å²) in [5.74, 6) is 1.05. The summed E-state index contributed by atoms with van der Waals surface area (Å²) in [5, 5.41) is 0. The van der Waals surface area contributed by atoms with E-state index in [1.165, 1.54) is 0 Å². The molecule has 1 atom stereocenters. The van der Waals surface area contributed by atoms with Gasteiger partial charge in [0.25, 0.3) is 0 Å². The number of ketones is 1. The van der Waals surface area contributed by atoms with E-state index in [0.29, 0.717) is 6.54 Å². The van der Waals surface area contributed by atoms with Gasteiger partial charge >= 0.3 is 0 Å². The van der Waals surface area contributed by atoms with Crippen molar-refractivity contribution in [2.24, 2.45) is 11.7 Å². The Balaban J connectivity index is 2.19. The Labute approximate surface area is 102 Å². The lowest BCUT2D eigenvalue weighted by Gasteiger charge is -2.12. The number of benzene rings is 1. The van der Waals surface area contributed by atoms with Crippen LogP contribution in [0.15, 0.2) is 18.2 Å². The fourth-order valence-corrected chi connectivity index (χ4v) is 2.28. The average Bonchev–Trinajstić information content (AvgIpc) is 2.82. The lowest BCUT2D eigenvalue weighted by molar-refractivity contribution is 0.0917. The molecule has 2 rings (SSSR count). The number of rotatable bonds is 5. The summed E-state index contributed by atoms with van der Waals surface area (Å²) >= 11 is 0. The minimum atomic E-state index is -0.0413. The molecular weight excluding hydrogens is 214 g/mol. The van der Waals surface area contributed by atoms with Gasteiger partial charge in [0.2, 0.25) is 0 Å². The zero-order chi connectivity index (χ0) is 12.3. The molecule has 1 aliphatic rings. The van der Waals surface area contributed by atoms with E-state index in [0.717, 1.165) is 42.7 Å². The van der Waals surface area contributed by atoms with Crippen molar-refractivity contribution in [1.29, 1.82) is 0 Å². The predicted molar refractivity (Wildman–Crippen MR) is 67.4 cm³/mol. The van der Waals surface area contributed by atoms with Gasteiger partial charge in [-0.05, 0) is 30.2 Å². The van der Waals surface area contributed by atoms with E-state index in [1.54, 1.807) is 0 Å². The molecule has 2 N–H and O–H groups in total. The summed E-state index contributed by atoms with van der Waals surface area (Å²) in [6.07, 6.45) is 2.75. The largest absolute Gasteiger partial charge is 0.493 e. The molecule has 3 nitrogen and oxygen atoms in total. The molecule has 0 radical (unpaired) electrons. The van der Waals surface area contributed by atoms with E-state index >= 15 is 0 Å². The number of Topliss-reactive ketones (excluding diaryl/α,β-unsaturated/α-hetero) is 1. The molecule has 0 saturated heterocycles. The summed E-state index contributed by atoms with van der Waals surface area (Å²) < 4.78 is 5.43. The van der Waals surface area contributed by atoms with Gasteiger partial charge in [0.15, 0.2) is 5.78 Å². The van der Waals surface area contributed by atoms with Gasteiger partial charge in [-0.1, -0.05) is 13.3 Å². The highest BCUT2D eigenvalue weighted by Crippen LogP contribution is 2.27. The van der Waals surface area contributed by atoms with E-state index in [1.807, 2.05) is 18.2 Å². The molecule has 0 aromatic heterocycles. The van der Waals surface area contributed by atoms with Crippen LogP contribution < -0.4 is 10.5 Å². The number of nitrogens with two attached hydrogens (primary N) is 1. The number of hydrogen-bond acceptors (Lipinski definition) is 3. The van der Waals surface area contributed by atoms with Gasteiger partial charge in [-0.2, -0.15) is 0 Å². The summed E-state index contributed by atoms with van der Waals surface area (Å²) in [6, 6.07) is 5.71. The SMILES string of the molecule is CCCC(CN)C(=O)c1ccc2c(c1)CCO2. The van der Waals surface area contributed by atoms with Crippen molar-refractivity contribution in [3.05, 3.63) is 29.3 Å². The fraction of sp³-hybridized carbons (Fsp3) is 0.500. The number of ether oxygens (including phenoxy) is 1. The van der Waals surface area contributed by atoms with Crippen molar-refractivity contribution >= 4 is 5.78 Å². The second kappa shape index (κ2) is 5.32. The smallest absolute Gasteiger partial charge is 0.167 e. The van der Waals surface area contributed by atoms with Gasteiger partial charge in [-0.25, -0.2) is 0 Å². The number of carbonyl (C=O) groups is 1. The average molecular weight is 233 g/mol. The van der Waals surface area contributed by atoms with Gasteiger partial charge in [0, 0.05) is 24.4 Å². The standard InChI is InChI=1S/C14H19NO2/c1-2-3-12(9-15)14(16)11-4-5-13-10(8-11)6-7-17-13/h4-5,8,12H,2-3,6-7,9,15H2,1H3. The zero-order valence-electron chi connectivity index (χ0n) is 10.2. The Morgan fingerprint density at radius 1 is 1.53 bits per heavy atom. The first kappa shape index (κ1) is 12.1. The molecule has 92 valence electrons. The lowest BCUT2D eigenvalue weighted by atomic mass is 9.92. The van der Waals surface area contributed by atoms with Crippen molar-refractivity contribution in [2.75, 3.05) is 13.2 Å². The summed E-state index contributed by atoms with van der Waals surface area (Å²) in [5.41, 5.74) is 7.58. The van der Waals surface area contributed by atoms with Gasteiger partial charge < -0.3 is 10.5 Å². The normalized spacial score (nSPS) is 15.2. The molecule has 17 heavy (non-hydrogen) atoms. The molecular formula is C14H19NO2. The fourth-order valence-electron chi connectivity index (χ4n) is 2.28. The highest BCUT2D eigenvalue weighted by atomic mass is 16.5. The van der Waals surface area contributed by atoms with Crippen LogP contribution in [-0.2, 0) is 6.42 Å². The molecule has 1 aromatic rings. The topological polar surface area (TPSA) is 52.3 Å². The third kappa shape index (κ3) is 2.50. The lowest BCUT2D eigenvalue weighted by Crippen LogP contribution is -2.23. The molecule has 0 spiro atoms. The summed E-state index contributed by atoms with van der Waals surface area (Å²) in [4.78, 5) is 12.2. The maximum atomic E-state index is 12.2. The molecule has 0 amide bonds. The van der Waals surface area contributed by atoms with Gasteiger partial charge in [-0.3, -0.25) is 4.79 Å². The van der Waals surface area contributed by atoms with E-state index in [9.17, 15) is 4.79 Å².